The van der Waals surface area contributed by atoms with Gasteiger partial charge in [-0.05, 0) is 70.6 Å². The van der Waals surface area contributed by atoms with Crippen molar-refractivity contribution in [1.29, 1.82) is 0 Å². The number of amides is 1. The lowest BCUT2D eigenvalue weighted by Crippen LogP contribution is -2.48. The van der Waals surface area contributed by atoms with E-state index in [4.69, 9.17) is 0 Å². The molecule has 3 atom stereocenters. The largest absolute Gasteiger partial charge is 0.394 e. The summed E-state index contributed by atoms with van der Waals surface area (Å²) in [6, 6.07) is -0.825. The minimum absolute atomic E-state index is 0.384. The van der Waals surface area contributed by atoms with E-state index < -0.39 is 24.2 Å². The molecule has 0 heterocycles. The number of aliphatic hydroxyl groups excluding tert-OH is 3. The third-order valence-corrected chi connectivity index (χ3v) is 11.6. The molecule has 0 saturated heterocycles. The molecule has 340 valence electrons. The number of unbranched alkanes of at least 4 members (excludes halogenated alkanes) is 32. The smallest absolute Gasteiger partial charge is 0.249 e. The lowest BCUT2D eigenvalue weighted by molar-refractivity contribution is -0.131. The molecule has 0 aliphatic carbocycles. The molecule has 0 fully saturated rings. The third-order valence-electron chi connectivity index (χ3n) is 11.6. The molecule has 0 aromatic rings. The maximum absolute atomic E-state index is 12.5. The second-order valence-corrected chi connectivity index (χ2v) is 17.4. The van der Waals surface area contributed by atoms with E-state index in [1.807, 2.05) is 6.08 Å². The Hall–Kier alpha value is -1.69. The number of rotatable bonds is 46. The average Bonchev–Trinajstić information content (AvgIpc) is 3.23. The molecule has 0 aliphatic heterocycles. The number of nitrogens with one attached hydrogen (secondary N) is 1. The van der Waals surface area contributed by atoms with Gasteiger partial charge in [0.05, 0.1) is 18.8 Å². The molecular weight excluding hydrogens is 715 g/mol. The van der Waals surface area contributed by atoms with E-state index in [0.717, 1.165) is 44.9 Å². The zero-order valence-corrected chi connectivity index (χ0v) is 38.7. The van der Waals surface area contributed by atoms with Crippen LogP contribution < -0.4 is 5.32 Å². The molecule has 5 nitrogen and oxygen atoms in total. The Balaban J connectivity index is 3.70. The van der Waals surface area contributed by atoms with Crippen LogP contribution in [0.4, 0.5) is 0 Å². The fraction of sp³-hybridized carbons (Fsp3) is 0.830. The van der Waals surface area contributed by atoms with Crippen LogP contribution in [-0.2, 0) is 4.79 Å². The van der Waals surface area contributed by atoms with Gasteiger partial charge in [0.2, 0.25) is 5.91 Å². The predicted molar refractivity (Wildman–Crippen MR) is 254 cm³/mol. The van der Waals surface area contributed by atoms with Gasteiger partial charge in [-0.25, -0.2) is 0 Å². The second kappa shape index (κ2) is 48.0. The maximum atomic E-state index is 12.5. The number of allylic oxidation sites excluding steroid dienone is 7. The van der Waals surface area contributed by atoms with Crippen LogP contribution in [-0.4, -0.2) is 46.1 Å². The van der Waals surface area contributed by atoms with Gasteiger partial charge in [-0.2, -0.15) is 0 Å². The van der Waals surface area contributed by atoms with Crippen LogP contribution >= 0.6 is 0 Å². The number of hydrogen-bond acceptors (Lipinski definition) is 4. The summed E-state index contributed by atoms with van der Waals surface area (Å²) in [6.45, 7) is 4.18. The normalized spacial score (nSPS) is 13.8. The van der Waals surface area contributed by atoms with Crippen molar-refractivity contribution < 1.29 is 20.1 Å². The average molecular weight is 814 g/mol. The van der Waals surface area contributed by atoms with Crippen LogP contribution in [0.1, 0.15) is 258 Å². The molecule has 0 bridgehead atoms. The van der Waals surface area contributed by atoms with E-state index in [9.17, 15) is 20.1 Å². The summed E-state index contributed by atoms with van der Waals surface area (Å²) in [7, 11) is 0. The van der Waals surface area contributed by atoms with Gasteiger partial charge in [-0.15, -0.1) is 0 Å². The van der Waals surface area contributed by atoms with Crippen molar-refractivity contribution in [2.24, 2.45) is 0 Å². The first-order chi connectivity index (χ1) is 28.6. The Kier molecular flexibility index (Phi) is 46.6. The highest BCUT2D eigenvalue weighted by Gasteiger charge is 2.22. The van der Waals surface area contributed by atoms with Crippen LogP contribution in [0.25, 0.3) is 0 Å². The molecule has 0 rings (SSSR count). The Labute approximate surface area is 361 Å². The van der Waals surface area contributed by atoms with Crippen molar-refractivity contribution in [3.05, 3.63) is 48.6 Å². The van der Waals surface area contributed by atoms with Gasteiger partial charge < -0.3 is 20.6 Å². The lowest BCUT2D eigenvalue weighted by Gasteiger charge is -2.21. The molecule has 0 radical (unpaired) electrons. The first kappa shape index (κ1) is 56.3. The van der Waals surface area contributed by atoms with Crippen LogP contribution in [0.3, 0.4) is 0 Å². The molecule has 0 aliphatic rings. The SMILES string of the molecule is CCCCCCCCCCCCC/C=C\CCCCCCCCC(O)C(=O)NC(CO)C(O)/C=C/CC/C=C/CC/C=C/CCCCCCCCCCCCCCC. The quantitative estimate of drug-likeness (QED) is 0.0364. The molecule has 0 saturated carbocycles. The molecule has 58 heavy (non-hydrogen) atoms. The summed E-state index contributed by atoms with van der Waals surface area (Å²) in [5.74, 6) is -0.521. The summed E-state index contributed by atoms with van der Waals surface area (Å²) in [5.41, 5.74) is 0. The molecule has 0 aromatic carbocycles. The van der Waals surface area contributed by atoms with Gasteiger partial charge in [-0.1, -0.05) is 236 Å². The van der Waals surface area contributed by atoms with Crippen molar-refractivity contribution >= 4 is 5.91 Å². The van der Waals surface area contributed by atoms with E-state index >= 15 is 0 Å². The number of aliphatic hydroxyl groups is 3. The third kappa shape index (κ3) is 42.4. The predicted octanol–water partition coefficient (Wildman–Crippen LogP) is 15.3. The van der Waals surface area contributed by atoms with E-state index in [-0.39, 0.29) is 6.61 Å². The topological polar surface area (TPSA) is 89.8 Å². The van der Waals surface area contributed by atoms with E-state index in [1.54, 1.807) is 6.08 Å². The molecule has 4 N–H and O–H groups in total. The Bertz CT molecular complexity index is 943. The van der Waals surface area contributed by atoms with Crippen molar-refractivity contribution in [1.82, 2.24) is 5.32 Å². The summed E-state index contributed by atoms with van der Waals surface area (Å²) in [5, 5.41) is 33.2. The number of hydrogen-bond donors (Lipinski definition) is 4. The Morgan fingerprint density at radius 1 is 0.414 bits per heavy atom. The number of carbonyl (C=O) groups is 1. The van der Waals surface area contributed by atoms with Gasteiger partial charge in [0.15, 0.2) is 0 Å². The van der Waals surface area contributed by atoms with Gasteiger partial charge >= 0.3 is 0 Å². The first-order valence-electron chi connectivity index (χ1n) is 25.5. The van der Waals surface area contributed by atoms with Gasteiger partial charge in [0, 0.05) is 0 Å². The van der Waals surface area contributed by atoms with Crippen LogP contribution in [0.2, 0.25) is 0 Å². The molecule has 5 heteroatoms. The van der Waals surface area contributed by atoms with E-state index in [1.165, 1.54) is 193 Å². The zero-order chi connectivity index (χ0) is 42.3. The van der Waals surface area contributed by atoms with Crippen LogP contribution in [0.5, 0.6) is 0 Å². The summed E-state index contributed by atoms with van der Waals surface area (Å²) >= 11 is 0. The highest BCUT2D eigenvalue weighted by molar-refractivity contribution is 5.80. The summed E-state index contributed by atoms with van der Waals surface area (Å²) in [6.07, 6.45) is 63.1. The van der Waals surface area contributed by atoms with Gasteiger partial charge in [0.25, 0.3) is 0 Å². The zero-order valence-electron chi connectivity index (χ0n) is 38.7. The molecular formula is C53H99NO4. The van der Waals surface area contributed by atoms with Crippen molar-refractivity contribution in [2.45, 2.75) is 276 Å². The molecule has 1 amide bonds. The maximum Gasteiger partial charge on any atom is 0.249 e. The van der Waals surface area contributed by atoms with Crippen LogP contribution in [0, 0.1) is 0 Å². The molecule has 0 aromatic heterocycles. The van der Waals surface area contributed by atoms with E-state index in [0.29, 0.717) is 6.42 Å². The summed E-state index contributed by atoms with van der Waals surface area (Å²) < 4.78 is 0. The van der Waals surface area contributed by atoms with Gasteiger partial charge in [-0.3, -0.25) is 4.79 Å². The monoisotopic (exact) mass is 814 g/mol. The lowest BCUT2D eigenvalue weighted by atomic mass is 10.0. The van der Waals surface area contributed by atoms with Crippen LogP contribution in [0.15, 0.2) is 48.6 Å². The van der Waals surface area contributed by atoms with Crippen molar-refractivity contribution in [2.75, 3.05) is 6.61 Å². The number of carbonyl (C=O) groups excluding carboxylic acids is 1. The standard InChI is InChI=1S/C53H99NO4/c1-3-5-7-9-11-13-15-17-19-21-23-25-26-28-29-31-33-35-37-39-41-43-45-47-51(56)50(49-55)54-53(58)52(57)48-46-44-42-40-38-36-34-32-30-27-24-22-20-18-16-14-12-10-8-6-4-2/h29-32,37,39,45,47,50-52,55-57H,3-28,33-36,38,40-44,46,48-49H2,1-2H3,(H,54,58)/b31-29+,32-30-,39-37+,47-45+. The highest BCUT2D eigenvalue weighted by Crippen LogP contribution is 2.15. The molecule has 0 spiro atoms. The van der Waals surface area contributed by atoms with E-state index in [2.05, 4.69) is 55.6 Å². The Morgan fingerprint density at radius 3 is 1.05 bits per heavy atom. The minimum atomic E-state index is -1.12. The Morgan fingerprint density at radius 2 is 0.707 bits per heavy atom. The van der Waals surface area contributed by atoms with Crippen molar-refractivity contribution in [3.63, 3.8) is 0 Å². The highest BCUT2D eigenvalue weighted by atomic mass is 16.3. The first-order valence-corrected chi connectivity index (χ1v) is 25.5. The molecule has 3 unspecified atom stereocenters. The second-order valence-electron chi connectivity index (χ2n) is 17.4. The minimum Gasteiger partial charge on any atom is -0.394 e. The van der Waals surface area contributed by atoms with Crippen molar-refractivity contribution in [3.8, 4) is 0 Å². The fourth-order valence-corrected chi connectivity index (χ4v) is 7.62. The summed E-state index contributed by atoms with van der Waals surface area (Å²) in [4.78, 5) is 12.5. The fourth-order valence-electron chi connectivity index (χ4n) is 7.62. The van der Waals surface area contributed by atoms with Gasteiger partial charge in [0.1, 0.15) is 6.10 Å².